The van der Waals surface area contributed by atoms with Gasteiger partial charge in [0.1, 0.15) is 11.6 Å². The molecule has 6 nitrogen and oxygen atoms in total. The molecule has 2 aromatic rings. The summed E-state index contributed by atoms with van der Waals surface area (Å²) in [5.41, 5.74) is -0.0490. The number of nitrogens with zero attached hydrogens (tertiary/aromatic N) is 2. The summed E-state index contributed by atoms with van der Waals surface area (Å²) in [7, 11) is 1.61. The van der Waals surface area contributed by atoms with Crippen molar-refractivity contribution in [3.05, 3.63) is 65.5 Å². The van der Waals surface area contributed by atoms with Crippen LogP contribution >= 0.6 is 0 Å². The zero-order chi connectivity index (χ0) is 24.6. The third kappa shape index (κ3) is 4.11. The first-order valence-electron chi connectivity index (χ1n) is 12.5. The van der Waals surface area contributed by atoms with Crippen LogP contribution in [0.3, 0.4) is 0 Å². The molecule has 0 radical (unpaired) electrons. The van der Waals surface area contributed by atoms with Crippen LogP contribution in [0, 0.1) is 5.82 Å². The van der Waals surface area contributed by atoms with E-state index in [0.717, 1.165) is 49.8 Å². The molecule has 3 amide bonds. The normalized spacial score (nSPS) is 25.0. The largest absolute Gasteiger partial charge is 0.496 e. The number of amides is 3. The molecule has 35 heavy (non-hydrogen) atoms. The number of rotatable bonds is 6. The van der Waals surface area contributed by atoms with E-state index in [9.17, 15) is 18.8 Å². The number of hydrogen-bond donors (Lipinski definition) is 0. The van der Waals surface area contributed by atoms with Gasteiger partial charge in [-0.3, -0.25) is 19.3 Å². The molecule has 5 rings (SSSR count). The van der Waals surface area contributed by atoms with Gasteiger partial charge in [-0.2, -0.15) is 0 Å². The van der Waals surface area contributed by atoms with Crippen molar-refractivity contribution in [2.24, 2.45) is 0 Å². The van der Waals surface area contributed by atoms with Crippen LogP contribution in [0.5, 0.6) is 5.75 Å². The summed E-state index contributed by atoms with van der Waals surface area (Å²) >= 11 is 0. The van der Waals surface area contributed by atoms with Crippen LogP contribution in [0.25, 0.3) is 0 Å². The molecular formula is C28H31FN2O4. The van der Waals surface area contributed by atoms with Crippen molar-refractivity contribution in [2.45, 2.75) is 68.9 Å². The van der Waals surface area contributed by atoms with E-state index in [1.54, 1.807) is 24.1 Å². The highest BCUT2D eigenvalue weighted by molar-refractivity contribution is 6.11. The number of methoxy groups -OCH3 is 1. The third-order valence-corrected chi connectivity index (χ3v) is 7.94. The first-order chi connectivity index (χ1) is 16.9. The predicted molar refractivity (Wildman–Crippen MR) is 128 cm³/mol. The molecule has 184 valence electrons. The van der Waals surface area contributed by atoms with Crippen LogP contribution in [0.4, 0.5) is 4.39 Å². The summed E-state index contributed by atoms with van der Waals surface area (Å²) < 4.78 is 19.8. The maximum absolute atomic E-state index is 14.3. The van der Waals surface area contributed by atoms with Crippen LogP contribution in [0.15, 0.2) is 48.5 Å². The maximum atomic E-state index is 14.3. The standard InChI is InChI=1S/C28H31FN2O4/c1-35-24-14-5-4-12-22(24)23-13-7-15-30(23)25(32)17-28(19-8-6-9-20(29)16-19)18-26(33)31(27(28)34)21-10-2-3-11-21/h4-6,8-9,12,14,16,21,23H,2-3,7,10-11,13,15,17-18H2,1H3. The molecule has 2 unspecified atom stereocenters. The number of para-hydroxylation sites is 1. The van der Waals surface area contributed by atoms with E-state index in [0.29, 0.717) is 12.1 Å². The van der Waals surface area contributed by atoms with Crippen LogP contribution in [-0.2, 0) is 19.8 Å². The summed E-state index contributed by atoms with van der Waals surface area (Å²) in [6.45, 7) is 0.565. The lowest BCUT2D eigenvalue weighted by Gasteiger charge is -2.32. The highest BCUT2D eigenvalue weighted by Crippen LogP contribution is 2.45. The minimum absolute atomic E-state index is 0.106. The van der Waals surface area contributed by atoms with Gasteiger partial charge in [0.2, 0.25) is 17.7 Å². The second-order valence-electron chi connectivity index (χ2n) is 9.94. The monoisotopic (exact) mass is 478 g/mol. The van der Waals surface area contributed by atoms with Crippen LogP contribution in [0.2, 0.25) is 0 Å². The summed E-state index contributed by atoms with van der Waals surface area (Å²) in [6, 6.07) is 13.2. The minimum atomic E-state index is -1.38. The molecular weight excluding hydrogens is 447 g/mol. The van der Waals surface area contributed by atoms with Gasteiger partial charge >= 0.3 is 0 Å². The minimum Gasteiger partial charge on any atom is -0.496 e. The van der Waals surface area contributed by atoms with Gasteiger partial charge in [-0.15, -0.1) is 0 Å². The lowest BCUT2D eigenvalue weighted by atomic mass is 9.75. The number of imide groups is 1. The molecule has 7 heteroatoms. The third-order valence-electron chi connectivity index (χ3n) is 7.94. The average molecular weight is 479 g/mol. The Hall–Kier alpha value is -3.22. The molecule has 0 spiro atoms. The van der Waals surface area contributed by atoms with Gasteiger partial charge in [0.05, 0.1) is 18.6 Å². The van der Waals surface area contributed by atoms with Gasteiger partial charge in [-0.1, -0.05) is 43.2 Å². The van der Waals surface area contributed by atoms with E-state index in [1.165, 1.54) is 17.0 Å². The predicted octanol–water partition coefficient (Wildman–Crippen LogP) is 4.53. The maximum Gasteiger partial charge on any atom is 0.241 e. The van der Waals surface area contributed by atoms with Crippen LogP contribution < -0.4 is 4.74 Å². The van der Waals surface area contributed by atoms with Crippen molar-refractivity contribution in [3.8, 4) is 5.75 Å². The number of benzene rings is 2. The number of hydrogen-bond acceptors (Lipinski definition) is 4. The molecule has 2 saturated heterocycles. The Kier molecular flexibility index (Phi) is 6.34. The first-order valence-corrected chi connectivity index (χ1v) is 12.5. The SMILES string of the molecule is COc1ccccc1C1CCCN1C(=O)CC1(c2cccc(F)c2)CC(=O)N(C2CCCC2)C1=O. The van der Waals surface area contributed by atoms with E-state index in [4.69, 9.17) is 4.74 Å². The van der Waals surface area contributed by atoms with Gasteiger partial charge < -0.3 is 9.64 Å². The zero-order valence-electron chi connectivity index (χ0n) is 20.0. The van der Waals surface area contributed by atoms with Gasteiger partial charge in [0.25, 0.3) is 0 Å². The van der Waals surface area contributed by atoms with E-state index in [-0.39, 0.29) is 42.6 Å². The molecule has 2 aromatic carbocycles. The molecule has 0 N–H and O–H groups in total. The quantitative estimate of drug-likeness (QED) is 0.573. The Labute approximate surface area is 205 Å². The molecule has 1 saturated carbocycles. The second-order valence-corrected chi connectivity index (χ2v) is 9.94. The van der Waals surface area contributed by atoms with Crippen molar-refractivity contribution >= 4 is 17.7 Å². The van der Waals surface area contributed by atoms with E-state index >= 15 is 0 Å². The lowest BCUT2D eigenvalue weighted by Crippen LogP contribution is -2.46. The molecule has 3 fully saturated rings. The zero-order valence-corrected chi connectivity index (χ0v) is 20.0. The fourth-order valence-corrected chi connectivity index (χ4v) is 6.24. The van der Waals surface area contributed by atoms with Crippen molar-refractivity contribution in [2.75, 3.05) is 13.7 Å². The Morgan fingerprint density at radius 3 is 2.57 bits per heavy atom. The van der Waals surface area contributed by atoms with Crippen molar-refractivity contribution in [3.63, 3.8) is 0 Å². The van der Waals surface area contributed by atoms with Crippen molar-refractivity contribution in [1.29, 1.82) is 0 Å². The van der Waals surface area contributed by atoms with Crippen LogP contribution in [0.1, 0.15) is 68.5 Å². The number of ether oxygens (including phenoxy) is 1. The molecule has 2 atom stereocenters. The smallest absolute Gasteiger partial charge is 0.241 e. The molecule has 3 aliphatic rings. The van der Waals surface area contributed by atoms with Gasteiger partial charge in [-0.05, 0) is 49.4 Å². The van der Waals surface area contributed by atoms with E-state index < -0.39 is 11.2 Å². The van der Waals surface area contributed by atoms with Crippen molar-refractivity contribution < 1.29 is 23.5 Å². The molecule has 2 heterocycles. The van der Waals surface area contributed by atoms with Gasteiger partial charge in [-0.25, -0.2) is 4.39 Å². The highest BCUT2D eigenvalue weighted by atomic mass is 19.1. The Balaban J connectivity index is 1.49. The number of likely N-dealkylation sites (tertiary alicyclic amines) is 2. The molecule has 0 bridgehead atoms. The van der Waals surface area contributed by atoms with Gasteiger partial charge in [0, 0.05) is 31.0 Å². The summed E-state index contributed by atoms with van der Waals surface area (Å²) in [4.78, 5) is 44.1. The molecule has 0 aromatic heterocycles. The topological polar surface area (TPSA) is 66.9 Å². The van der Waals surface area contributed by atoms with E-state index in [1.807, 2.05) is 24.3 Å². The van der Waals surface area contributed by atoms with Crippen LogP contribution in [-0.4, -0.2) is 47.2 Å². The lowest BCUT2D eigenvalue weighted by molar-refractivity contribution is -0.145. The van der Waals surface area contributed by atoms with E-state index in [2.05, 4.69) is 0 Å². The summed E-state index contributed by atoms with van der Waals surface area (Å²) in [5, 5.41) is 0. The Morgan fingerprint density at radius 2 is 1.83 bits per heavy atom. The Bertz CT molecular complexity index is 1150. The van der Waals surface area contributed by atoms with Gasteiger partial charge in [0.15, 0.2) is 0 Å². The molecule has 1 aliphatic carbocycles. The highest BCUT2D eigenvalue weighted by Gasteiger charge is 2.56. The number of halogens is 1. The summed E-state index contributed by atoms with van der Waals surface area (Å²) in [5.74, 6) is -0.585. The second kappa shape index (κ2) is 9.44. The molecule has 2 aliphatic heterocycles. The summed E-state index contributed by atoms with van der Waals surface area (Å²) in [6.07, 6.45) is 4.88. The average Bonchev–Trinajstić information content (AvgIpc) is 3.60. The number of carbonyl (C=O) groups excluding carboxylic acids is 3. The van der Waals surface area contributed by atoms with Crippen molar-refractivity contribution in [1.82, 2.24) is 9.80 Å². The Morgan fingerprint density at radius 1 is 1.06 bits per heavy atom. The number of carbonyl (C=O) groups is 3. The fraction of sp³-hybridized carbons (Fsp3) is 0.464. The fourth-order valence-electron chi connectivity index (χ4n) is 6.24. The first kappa shape index (κ1) is 23.5.